The van der Waals surface area contributed by atoms with Crippen LogP contribution in [0.25, 0.3) is 0 Å². The second kappa shape index (κ2) is 16.0. The summed E-state index contributed by atoms with van der Waals surface area (Å²) in [5.41, 5.74) is 0. The summed E-state index contributed by atoms with van der Waals surface area (Å²) in [7, 11) is 0. The molecule has 1 atom stereocenters. The van der Waals surface area contributed by atoms with Crippen LogP contribution in [0.2, 0.25) is 0 Å². The Bertz CT molecular complexity index is 772. The number of anilines is 1. The van der Waals surface area contributed by atoms with Gasteiger partial charge < -0.3 is 25.1 Å². The van der Waals surface area contributed by atoms with Gasteiger partial charge in [-0.05, 0) is 31.5 Å². The molecular formula is C20H31N5O6S. The summed E-state index contributed by atoms with van der Waals surface area (Å²) < 4.78 is 5.61. The smallest absolute Gasteiger partial charge is 0.315 e. The summed E-state index contributed by atoms with van der Waals surface area (Å²) in [6.07, 6.45) is 7.02. The van der Waals surface area contributed by atoms with Gasteiger partial charge in [0.05, 0.1) is 12.4 Å². The average molecular weight is 470 g/mol. The van der Waals surface area contributed by atoms with E-state index in [9.17, 15) is 5.11 Å². The number of carbonyl (C=O) groups is 2. The molecule has 3 heterocycles. The summed E-state index contributed by atoms with van der Waals surface area (Å²) >= 11 is 1.64. The lowest BCUT2D eigenvalue weighted by Crippen LogP contribution is -2.44. The molecule has 0 radical (unpaired) electrons. The molecule has 1 fully saturated rings. The molecule has 0 spiro atoms. The molecule has 32 heavy (non-hydrogen) atoms. The zero-order valence-electron chi connectivity index (χ0n) is 18.3. The molecule has 11 nitrogen and oxygen atoms in total. The maximum atomic E-state index is 9.42. The number of likely N-dealkylation sites (tertiary alicyclic amines) is 1. The molecule has 2 aromatic rings. The molecule has 1 aliphatic rings. The number of nitrogens with one attached hydrogen (secondary N) is 1. The van der Waals surface area contributed by atoms with Crippen molar-refractivity contribution < 1.29 is 29.3 Å². The maximum absolute atomic E-state index is 9.42. The number of nitrogens with zero attached hydrogens (tertiary/aromatic N) is 4. The minimum absolute atomic E-state index is 0.233. The number of carboxylic acids is 2. The molecule has 0 aromatic carbocycles. The van der Waals surface area contributed by atoms with Crippen LogP contribution < -0.4 is 5.32 Å². The van der Waals surface area contributed by atoms with E-state index >= 15 is 0 Å². The van der Waals surface area contributed by atoms with Gasteiger partial charge >= 0.3 is 6.01 Å². The predicted octanol–water partition coefficient (Wildman–Crippen LogP) is 2.20. The second-order valence-corrected chi connectivity index (χ2v) is 7.85. The van der Waals surface area contributed by atoms with E-state index in [0.717, 1.165) is 44.8 Å². The van der Waals surface area contributed by atoms with Crippen molar-refractivity contribution in [1.29, 1.82) is 0 Å². The largest absolute Gasteiger partial charge is 0.481 e. The topological polar surface area (TPSA) is 162 Å². The lowest BCUT2D eigenvalue weighted by molar-refractivity contribution is -0.135. The lowest BCUT2D eigenvalue weighted by atomic mass is 10.0. The van der Waals surface area contributed by atoms with E-state index in [4.69, 9.17) is 24.2 Å². The number of pyridine rings is 1. The molecule has 1 unspecified atom stereocenters. The molecule has 178 valence electrons. The average Bonchev–Trinajstić information content (AvgIpc) is 3.20. The monoisotopic (exact) mass is 469 g/mol. The highest BCUT2D eigenvalue weighted by Gasteiger charge is 2.21. The molecule has 1 aliphatic heterocycles. The first-order chi connectivity index (χ1) is 15.3. The predicted molar refractivity (Wildman–Crippen MR) is 120 cm³/mol. The number of carboxylic acid groups (broad SMARTS) is 2. The summed E-state index contributed by atoms with van der Waals surface area (Å²) in [6, 6.07) is 4.65. The molecule has 1 saturated heterocycles. The van der Waals surface area contributed by atoms with Gasteiger partial charge in [0, 0.05) is 50.3 Å². The zero-order valence-corrected chi connectivity index (χ0v) is 19.1. The molecule has 4 N–H and O–H groups in total. The van der Waals surface area contributed by atoms with Gasteiger partial charge in [-0.15, -0.1) is 16.9 Å². The van der Waals surface area contributed by atoms with Crippen LogP contribution in [0.3, 0.4) is 0 Å². The first kappa shape index (κ1) is 27.3. The molecule has 0 bridgehead atoms. The van der Waals surface area contributed by atoms with Gasteiger partial charge in [-0.1, -0.05) is 11.5 Å². The second-order valence-electron chi connectivity index (χ2n) is 6.81. The Morgan fingerprint density at radius 3 is 2.47 bits per heavy atom. The van der Waals surface area contributed by atoms with Crippen molar-refractivity contribution in [2.75, 3.05) is 31.6 Å². The third-order valence-electron chi connectivity index (χ3n) is 4.11. The molecule has 0 saturated carbocycles. The van der Waals surface area contributed by atoms with Crippen LogP contribution in [0.5, 0.6) is 0 Å². The van der Waals surface area contributed by atoms with E-state index in [1.807, 2.05) is 12.1 Å². The van der Waals surface area contributed by atoms with Crippen LogP contribution in [-0.4, -0.2) is 79.6 Å². The van der Waals surface area contributed by atoms with Crippen LogP contribution >= 0.6 is 11.8 Å². The van der Waals surface area contributed by atoms with E-state index < -0.39 is 11.9 Å². The van der Waals surface area contributed by atoms with Crippen molar-refractivity contribution in [2.24, 2.45) is 0 Å². The van der Waals surface area contributed by atoms with Gasteiger partial charge in [-0.2, -0.15) is 0 Å². The van der Waals surface area contributed by atoms with E-state index in [1.54, 1.807) is 24.2 Å². The molecule has 12 heteroatoms. The van der Waals surface area contributed by atoms with E-state index in [2.05, 4.69) is 25.4 Å². The Balaban J connectivity index is 0.000000554. The van der Waals surface area contributed by atoms with E-state index in [1.165, 1.54) is 12.8 Å². The van der Waals surface area contributed by atoms with Gasteiger partial charge in [0.2, 0.25) is 5.89 Å². The SMILES string of the molecule is CC(=O)O.CC(=O)O.OCC1CCCCN1CCNc1nnc(CSc2ccncc2)o1. The molecule has 2 aromatic heterocycles. The fourth-order valence-electron chi connectivity index (χ4n) is 2.83. The Labute approximate surface area is 191 Å². The number of aliphatic hydroxyl groups excluding tert-OH is 1. The lowest BCUT2D eigenvalue weighted by Gasteiger charge is -2.34. The summed E-state index contributed by atoms with van der Waals surface area (Å²) in [5.74, 6) is -0.428. The third-order valence-corrected chi connectivity index (χ3v) is 5.11. The van der Waals surface area contributed by atoms with Crippen LogP contribution in [0, 0.1) is 0 Å². The Morgan fingerprint density at radius 1 is 1.19 bits per heavy atom. The maximum Gasteiger partial charge on any atom is 0.315 e. The van der Waals surface area contributed by atoms with Crippen LogP contribution in [0.4, 0.5) is 6.01 Å². The zero-order chi connectivity index (χ0) is 23.8. The van der Waals surface area contributed by atoms with Crippen molar-refractivity contribution in [1.82, 2.24) is 20.1 Å². The molecule has 3 rings (SSSR count). The molecule has 0 amide bonds. The number of thioether (sulfide) groups is 1. The molecular weight excluding hydrogens is 438 g/mol. The number of rotatable bonds is 8. The van der Waals surface area contributed by atoms with Gasteiger partial charge in [-0.3, -0.25) is 19.5 Å². The quantitative estimate of drug-likeness (QED) is 0.418. The third kappa shape index (κ3) is 12.9. The first-order valence-corrected chi connectivity index (χ1v) is 11.1. The van der Waals surface area contributed by atoms with Crippen molar-refractivity contribution >= 4 is 29.7 Å². The number of aliphatic carboxylic acids is 2. The minimum Gasteiger partial charge on any atom is -0.481 e. The van der Waals surface area contributed by atoms with Crippen molar-refractivity contribution in [3.8, 4) is 0 Å². The molecule has 0 aliphatic carbocycles. The number of hydrogen-bond acceptors (Lipinski definition) is 10. The summed E-state index contributed by atoms with van der Waals surface area (Å²) in [5, 5.41) is 35.5. The summed E-state index contributed by atoms with van der Waals surface area (Å²) in [6.45, 7) is 5.05. The highest BCUT2D eigenvalue weighted by atomic mass is 32.2. The van der Waals surface area contributed by atoms with Gasteiger partial charge in [0.1, 0.15) is 0 Å². The standard InChI is InChI=1S/C16H23N5O2S.2C2H4O2/c22-11-13-3-1-2-9-21(13)10-8-18-16-20-19-15(23-16)12-24-14-4-6-17-7-5-14;2*1-2(3)4/h4-7,13,22H,1-3,8-12H2,(H,18,20);2*1H3,(H,3,4). The highest BCUT2D eigenvalue weighted by molar-refractivity contribution is 7.98. The number of hydrogen-bond donors (Lipinski definition) is 4. The highest BCUT2D eigenvalue weighted by Crippen LogP contribution is 2.22. The van der Waals surface area contributed by atoms with Crippen LogP contribution in [0.15, 0.2) is 33.8 Å². The van der Waals surface area contributed by atoms with Crippen molar-refractivity contribution in [3.05, 3.63) is 30.4 Å². The number of piperidine rings is 1. The Hall–Kier alpha value is -2.70. The minimum atomic E-state index is -0.833. The Morgan fingerprint density at radius 2 is 1.84 bits per heavy atom. The van der Waals surface area contributed by atoms with Crippen molar-refractivity contribution in [3.63, 3.8) is 0 Å². The number of aromatic nitrogens is 3. The first-order valence-electron chi connectivity index (χ1n) is 10.1. The van der Waals surface area contributed by atoms with Crippen LogP contribution in [0.1, 0.15) is 39.0 Å². The summed E-state index contributed by atoms with van der Waals surface area (Å²) in [4.78, 5) is 25.4. The van der Waals surface area contributed by atoms with Crippen molar-refractivity contribution in [2.45, 2.75) is 49.8 Å². The van der Waals surface area contributed by atoms with Gasteiger partial charge in [0.25, 0.3) is 11.9 Å². The normalized spacial score (nSPS) is 15.5. The fourth-order valence-corrected chi connectivity index (χ4v) is 3.55. The van der Waals surface area contributed by atoms with Crippen LogP contribution in [-0.2, 0) is 15.3 Å². The Kier molecular flexibility index (Phi) is 13.7. The fraction of sp³-hybridized carbons (Fsp3) is 0.550. The van der Waals surface area contributed by atoms with Gasteiger partial charge in [0.15, 0.2) is 0 Å². The van der Waals surface area contributed by atoms with E-state index in [0.29, 0.717) is 17.7 Å². The number of aliphatic hydroxyl groups is 1. The van der Waals surface area contributed by atoms with E-state index in [-0.39, 0.29) is 12.6 Å². The van der Waals surface area contributed by atoms with Gasteiger partial charge in [-0.25, -0.2) is 0 Å².